The van der Waals surface area contributed by atoms with Crippen molar-refractivity contribution < 1.29 is 14.3 Å². The number of amides is 1. The van der Waals surface area contributed by atoms with Crippen LogP contribution in [0.25, 0.3) is 0 Å². The first kappa shape index (κ1) is 20.2. The lowest BCUT2D eigenvalue weighted by atomic mass is 10.0. The summed E-state index contributed by atoms with van der Waals surface area (Å²) in [7, 11) is 0. The van der Waals surface area contributed by atoms with Crippen LogP contribution in [-0.2, 0) is 9.47 Å². The SMILES string of the molecule is CCC(CC)CNCCOC1CCN(C(=O)OC(C)(C)C)CC1. The fourth-order valence-electron chi connectivity index (χ4n) is 2.71. The van der Waals surface area contributed by atoms with Gasteiger partial charge in [-0.15, -0.1) is 0 Å². The van der Waals surface area contributed by atoms with Crippen LogP contribution < -0.4 is 5.32 Å². The Kier molecular flexibility index (Phi) is 8.92. The third kappa shape index (κ3) is 8.56. The summed E-state index contributed by atoms with van der Waals surface area (Å²) < 4.78 is 11.3. The van der Waals surface area contributed by atoms with E-state index in [9.17, 15) is 4.79 Å². The number of hydrogen-bond donors (Lipinski definition) is 1. The van der Waals surface area contributed by atoms with E-state index in [0.29, 0.717) is 0 Å². The molecule has 1 aliphatic rings. The smallest absolute Gasteiger partial charge is 0.410 e. The average molecular weight is 328 g/mol. The molecule has 0 bridgehead atoms. The Morgan fingerprint density at radius 1 is 1.22 bits per heavy atom. The van der Waals surface area contributed by atoms with E-state index in [4.69, 9.17) is 9.47 Å². The maximum absolute atomic E-state index is 12.0. The van der Waals surface area contributed by atoms with Crippen LogP contribution >= 0.6 is 0 Å². The highest BCUT2D eigenvalue weighted by Crippen LogP contribution is 2.17. The molecule has 1 rings (SSSR count). The van der Waals surface area contributed by atoms with Gasteiger partial charge < -0.3 is 19.7 Å². The maximum atomic E-state index is 12.0. The molecule has 0 aromatic heterocycles. The van der Waals surface area contributed by atoms with E-state index in [1.807, 2.05) is 20.8 Å². The van der Waals surface area contributed by atoms with E-state index in [-0.39, 0.29) is 12.2 Å². The van der Waals surface area contributed by atoms with Gasteiger partial charge in [-0.2, -0.15) is 0 Å². The van der Waals surface area contributed by atoms with Crippen molar-refractivity contribution in [3.8, 4) is 0 Å². The van der Waals surface area contributed by atoms with Crippen LogP contribution in [0.15, 0.2) is 0 Å². The molecule has 23 heavy (non-hydrogen) atoms. The van der Waals surface area contributed by atoms with Crippen molar-refractivity contribution in [2.24, 2.45) is 5.92 Å². The zero-order chi connectivity index (χ0) is 17.3. The zero-order valence-electron chi connectivity index (χ0n) is 15.7. The van der Waals surface area contributed by atoms with Crippen molar-refractivity contribution in [3.63, 3.8) is 0 Å². The molecule has 1 saturated heterocycles. The molecule has 0 aromatic carbocycles. The molecule has 1 aliphatic heterocycles. The molecule has 1 heterocycles. The molecule has 5 nitrogen and oxygen atoms in total. The van der Waals surface area contributed by atoms with E-state index in [1.165, 1.54) is 12.8 Å². The molecule has 0 atom stereocenters. The molecule has 1 fully saturated rings. The largest absolute Gasteiger partial charge is 0.444 e. The lowest BCUT2D eigenvalue weighted by Crippen LogP contribution is -2.43. The van der Waals surface area contributed by atoms with Crippen LogP contribution in [0.2, 0.25) is 0 Å². The Labute approximate surface area is 142 Å². The summed E-state index contributed by atoms with van der Waals surface area (Å²) in [5.74, 6) is 0.770. The highest BCUT2D eigenvalue weighted by Gasteiger charge is 2.26. The normalized spacial score (nSPS) is 16.9. The number of hydrogen-bond acceptors (Lipinski definition) is 4. The first-order chi connectivity index (χ1) is 10.9. The fraction of sp³-hybridized carbons (Fsp3) is 0.944. The minimum atomic E-state index is -0.426. The molecular weight excluding hydrogens is 292 g/mol. The van der Waals surface area contributed by atoms with E-state index in [0.717, 1.165) is 51.5 Å². The van der Waals surface area contributed by atoms with Gasteiger partial charge in [0.05, 0.1) is 12.7 Å². The summed E-state index contributed by atoms with van der Waals surface area (Å²) in [6.07, 6.45) is 4.31. The maximum Gasteiger partial charge on any atom is 0.410 e. The highest BCUT2D eigenvalue weighted by atomic mass is 16.6. The molecule has 0 unspecified atom stereocenters. The second-order valence-corrected chi connectivity index (χ2v) is 7.42. The van der Waals surface area contributed by atoms with Gasteiger partial charge in [-0.25, -0.2) is 4.79 Å². The highest BCUT2D eigenvalue weighted by molar-refractivity contribution is 5.68. The predicted octanol–water partition coefficient (Wildman–Crippen LogP) is 3.43. The van der Waals surface area contributed by atoms with Crippen molar-refractivity contribution in [2.45, 2.75) is 72.0 Å². The van der Waals surface area contributed by atoms with Crippen LogP contribution in [0, 0.1) is 5.92 Å². The number of piperidine rings is 1. The summed E-state index contributed by atoms with van der Waals surface area (Å²) >= 11 is 0. The van der Waals surface area contributed by atoms with Crippen molar-refractivity contribution in [2.75, 3.05) is 32.8 Å². The van der Waals surface area contributed by atoms with Crippen molar-refractivity contribution in [1.29, 1.82) is 0 Å². The molecule has 0 saturated carbocycles. The van der Waals surface area contributed by atoms with Gasteiger partial charge in [-0.3, -0.25) is 0 Å². The van der Waals surface area contributed by atoms with Crippen molar-refractivity contribution in [1.82, 2.24) is 10.2 Å². The van der Waals surface area contributed by atoms with Crippen LogP contribution in [0.4, 0.5) is 4.79 Å². The van der Waals surface area contributed by atoms with E-state index >= 15 is 0 Å². The van der Waals surface area contributed by atoms with Crippen molar-refractivity contribution >= 4 is 6.09 Å². The summed E-state index contributed by atoms with van der Waals surface area (Å²) in [5, 5.41) is 3.47. The van der Waals surface area contributed by atoms with Gasteiger partial charge in [-0.05, 0) is 46.1 Å². The molecule has 1 N–H and O–H groups in total. The minimum absolute atomic E-state index is 0.206. The molecule has 1 amide bonds. The monoisotopic (exact) mass is 328 g/mol. The number of rotatable bonds is 8. The Morgan fingerprint density at radius 2 is 1.83 bits per heavy atom. The number of likely N-dealkylation sites (tertiary alicyclic amines) is 1. The quantitative estimate of drug-likeness (QED) is 0.694. The zero-order valence-corrected chi connectivity index (χ0v) is 15.7. The second kappa shape index (κ2) is 10.1. The molecule has 0 radical (unpaired) electrons. The third-order valence-corrected chi connectivity index (χ3v) is 4.31. The van der Waals surface area contributed by atoms with Gasteiger partial charge in [0.2, 0.25) is 0 Å². The molecule has 0 spiro atoms. The Morgan fingerprint density at radius 3 is 2.35 bits per heavy atom. The molecule has 136 valence electrons. The molecular formula is C18H36N2O3. The fourth-order valence-corrected chi connectivity index (χ4v) is 2.71. The van der Waals surface area contributed by atoms with Gasteiger partial charge in [0.15, 0.2) is 0 Å². The Balaban J connectivity index is 2.11. The van der Waals surface area contributed by atoms with Gasteiger partial charge in [-0.1, -0.05) is 26.7 Å². The number of ether oxygens (including phenoxy) is 2. The first-order valence-electron chi connectivity index (χ1n) is 9.16. The number of carbonyl (C=O) groups excluding carboxylic acids is 1. The van der Waals surface area contributed by atoms with E-state index in [1.54, 1.807) is 4.90 Å². The summed E-state index contributed by atoms with van der Waals surface area (Å²) in [6, 6.07) is 0. The van der Waals surface area contributed by atoms with Crippen LogP contribution in [0.3, 0.4) is 0 Å². The Hall–Kier alpha value is -0.810. The lowest BCUT2D eigenvalue weighted by Gasteiger charge is -2.33. The van der Waals surface area contributed by atoms with Gasteiger partial charge >= 0.3 is 6.09 Å². The molecule has 5 heteroatoms. The topological polar surface area (TPSA) is 50.8 Å². The summed E-state index contributed by atoms with van der Waals surface area (Å²) in [4.78, 5) is 13.8. The predicted molar refractivity (Wildman–Crippen MR) is 93.7 cm³/mol. The average Bonchev–Trinajstić information content (AvgIpc) is 2.50. The van der Waals surface area contributed by atoms with Crippen LogP contribution in [0.5, 0.6) is 0 Å². The minimum Gasteiger partial charge on any atom is -0.444 e. The summed E-state index contributed by atoms with van der Waals surface area (Å²) in [5.41, 5.74) is -0.426. The van der Waals surface area contributed by atoms with Gasteiger partial charge in [0.1, 0.15) is 5.60 Å². The number of nitrogens with zero attached hydrogens (tertiary/aromatic N) is 1. The number of carbonyl (C=O) groups is 1. The third-order valence-electron chi connectivity index (χ3n) is 4.31. The van der Waals surface area contributed by atoms with Crippen LogP contribution in [0.1, 0.15) is 60.3 Å². The van der Waals surface area contributed by atoms with E-state index in [2.05, 4.69) is 19.2 Å². The molecule has 0 aliphatic carbocycles. The van der Waals surface area contributed by atoms with E-state index < -0.39 is 5.60 Å². The first-order valence-corrected chi connectivity index (χ1v) is 9.16. The second-order valence-electron chi connectivity index (χ2n) is 7.42. The lowest BCUT2D eigenvalue weighted by molar-refractivity contribution is -0.0105. The van der Waals surface area contributed by atoms with Gasteiger partial charge in [0.25, 0.3) is 0 Å². The Bertz CT molecular complexity index is 330. The number of nitrogens with one attached hydrogen (secondary N) is 1. The van der Waals surface area contributed by atoms with Crippen molar-refractivity contribution in [3.05, 3.63) is 0 Å². The van der Waals surface area contributed by atoms with Crippen LogP contribution in [-0.4, -0.2) is 55.5 Å². The van der Waals surface area contributed by atoms with Gasteiger partial charge in [0, 0.05) is 19.6 Å². The standard InChI is InChI=1S/C18H36N2O3/c1-6-15(7-2)14-19-10-13-22-16-8-11-20(12-9-16)17(21)23-18(3,4)5/h15-16,19H,6-14H2,1-5H3. The molecule has 0 aromatic rings. The summed E-state index contributed by atoms with van der Waals surface area (Å²) in [6.45, 7) is 14.4.